The van der Waals surface area contributed by atoms with Gasteiger partial charge in [-0.2, -0.15) is 0 Å². The summed E-state index contributed by atoms with van der Waals surface area (Å²) >= 11 is 6.07. The van der Waals surface area contributed by atoms with E-state index >= 15 is 0 Å². The molecule has 0 bridgehead atoms. The average molecular weight is 298 g/mol. The van der Waals surface area contributed by atoms with Crippen LogP contribution in [-0.4, -0.2) is 36.2 Å². The molecule has 1 aromatic rings. The smallest absolute Gasteiger partial charge is 0.307 e. The van der Waals surface area contributed by atoms with Crippen LogP contribution in [-0.2, 0) is 4.79 Å². The van der Waals surface area contributed by atoms with Crippen molar-refractivity contribution in [1.82, 2.24) is 4.90 Å². The molecule has 1 heterocycles. The second-order valence-electron chi connectivity index (χ2n) is 5.23. The number of hydrogen-bond donors (Lipinski definition) is 1. The molecule has 1 fully saturated rings. The van der Waals surface area contributed by atoms with Crippen molar-refractivity contribution in [2.45, 2.75) is 25.8 Å². The van der Waals surface area contributed by atoms with Crippen LogP contribution in [0.5, 0.6) is 5.75 Å². The van der Waals surface area contributed by atoms with Crippen molar-refractivity contribution < 1.29 is 14.6 Å². The lowest BCUT2D eigenvalue weighted by molar-refractivity contribution is -0.143. The maximum atomic E-state index is 11.2. The number of rotatable bonds is 4. The number of carboxylic acid groups (broad SMARTS) is 1. The minimum Gasteiger partial charge on any atom is -0.496 e. The molecule has 1 aliphatic heterocycles. The van der Waals surface area contributed by atoms with E-state index in [0.717, 1.165) is 30.7 Å². The number of halogens is 1. The van der Waals surface area contributed by atoms with E-state index in [9.17, 15) is 9.90 Å². The molecular weight excluding hydrogens is 278 g/mol. The third-order valence-corrected chi connectivity index (χ3v) is 4.23. The van der Waals surface area contributed by atoms with Gasteiger partial charge in [0.05, 0.1) is 13.0 Å². The van der Waals surface area contributed by atoms with Gasteiger partial charge in [-0.25, -0.2) is 0 Å². The summed E-state index contributed by atoms with van der Waals surface area (Å²) in [5.74, 6) is -0.198. The molecule has 1 saturated heterocycles. The minimum absolute atomic E-state index is 0.0887. The summed E-state index contributed by atoms with van der Waals surface area (Å²) in [7, 11) is 1.63. The van der Waals surface area contributed by atoms with Gasteiger partial charge in [-0.3, -0.25) is 9.69 Å². The number of methoxy groups -OCH3 is 1. The molecule has 2 unspecified atom stereocenters. The SMILES string of the molecule is COc1ccc(Cl)cc1C(C)N1CCCC(C(=O)O)C1. The second kappa shape index (κ2) is 6.46. The van der Waals surface area contributed by atoms with Gasteiger partial charge in [-0.05, 0) is 44.5 Å². The molecule has 20 heavy (non-hydrogen) atoms. The fraction of sp³-hybridized carbons (Fsp3) is 0.533. The molecule has 4 nitrogen and oxygen atoms in total. The molecule has 0 aromatic heterocycles. The Morgan fingerprint density at radius 1 is 1.55 bits per heavy atom. The van der Waals surface area contributed by atoms with Crippen LogP contribution in [0.15, 0.2) is 18.2 Å². The molecule has 0 spiro atoms. The van der Waals surface area contributed by atoms with E-state index in [1.165, 1.54) is 0 Å². The Hall–Kier alpha value is -1.26. The first-order valence-corrected chi connectivity index (χ1v) is 7.21. The van der Waals surface area contributed by atoms with Gasteiger partial charge in [0.25, 0.3) is 0 Å². The molecule has 1 aromatic carbocycles. The monoisotopic (exact) mass is 297 g/mol. The predicted molar refractivity (Wildman–Crippen MR) is 78.4 cm³/mol. The van der Waals surface area contributed by atoms with Crippen molar-refractivity contribution >= 4 is 17.6 Å². The van der Waals surface area contributed by atoms with Crippen LogP contribution in [0.25, 0.3) is 0 Å². The Morgan fingerprint density at radius 3 is 2.95 bits per heavy atom. The Bertz CT molecular complexity index is 492. The number of carboxylic acids is 1. The molecule has 5 heteroatoms. The highest BCUT2D eigenvalue weighted by Gasteiger charge is 2.29. The van der Waals surface area contributed by atoms with Crippen molar-refractivity contribution in [3.05, 3.63) is 28.8 Å². The average Bonchev–Trinajstić information content (AvgIpc) is 2.46. The molecule has 1 N–H and O–H groups in total. The summed E-state index contributed by atoms with van der Waals surface area (Å²) in [6.45, 7) is 3.55. The highest BCUT2D eigenvalue weighted by molar-refractivity contribution is 6.30. The summed E-state index contributed by atoms with van der Waals surface area (Å²) in [6, 6.07) is 5.64. The highest BCUT2D eigenvalue weighted by atomic mass is 35.5. The maximum Gasteiger partial charge on any atom is 0.307 e. The van der Waals surface area contributed by atoms with E-state index < -0.39 is 5.97 Å². The quantitative estimate of drug-likeness (QED) is 0.927. The molecule has 1 aliphatic rings. The van der Waals surface area contributed by atoms with Crippen molar-refractivity contribution in [3.63, 3.8) is 0 Å². The maximum absolute atomic E-state index is 11.2. The standard InChI is InChI=1S/C15H20ClNO3/c1-10(13-8-12(16)5-6-14(13)20-2)17-7-3-4-11(9-17)15(18)19/h5-6,8,10-11H,3-4,7,9H2,1-2H3,(H,18,19). The van der Waals surface area contributed by atoms with Gasteiger partial charge in [0.15, 0.2) is 0 Å². The first-order chi connectivity index (χ1) is 9.52. The van der Waals surface area contributed by atoms with Gasteiger partial charge < -0.3 is 9.84 Å². The minimum atomic E-state index is -0.708. The van der Waals surface area contributed by atoms with Crippen molar-refractivity contribution in [1.29, 1.82) is 0 Å². The zero-order valence-electron chi connectivity index (χ0n) is 11.8. The predicted octanol–water partition coefficient (Wildman–Crippen LogP) is 3.21. The van der Waals surface area contributed by atoms with Gasteiger partial charge in [0.2, 0.25) is 0 Å². The lowest BCUT2D eigenvalue weighted by atomic mass is 9.95. The van der Waals surface area contributed by atoms with Gasteiger partial charge in [0, 0.05) is 23.2 Å². The van der Waals surface area contributed by atoms with Gasteiger partial charge in [0.1, 0.15) is 5.75 Å². The highest BCUT2D eigenvalue weighted by Crippen LogP contribution is 2.33. The van der Waals surface area contributed by atoms with E-state index in [4.69, 9.17) is 16.3 Å². The molecule has 2 atom stereocenters. The van der Waals surface area contributed by atoms with E-state index in [-0.39, 0.29) is 12.0 Å². The number of benzene rings is 1. The van der Waals surface area contributed by atoms with Crippen LogP contribution in [0.4, 0.5) is 0 Å². The summed E-state index contributed by atoms with van der Waals surface area (Å²) in [5.41, 5.74) is 1.01. The van der Waals surface area contributed by atoms with Crippen LogP contribution in [0.1, 0.15) is 31.4 Å². The topological polar surface area (TPSA) is 49.8 Å². The number of hydrogen-bond acceptors (Lipinski definition) is 3. The van der Waals surface area contributed by atoms with Crippen LogP contribution < -0.4 is 4.74 Å². The third-order valence-electron chi connectivity index (χ3n) is 3.99. The summed E-state index contributed by atoms with van der Waals surface area (Å²) in [6.07, 6.45) is 1.66. The Labute approximate surface area is 124 Å². The molecule has 0 saturated carbocycles. The van der Waals surface area contributed by atoms with E-state index in [0.29, 0.717) is 11.6 Å². The first-order valence-electron chi connectivity index (χ1n) is 6.83. The van der Waals surface area contributed by atoms with Crippen LogP contribution in [0.3, 0.4) is 0 Å². The molecule has 110 valence electrons. The van der Waals surface area contributed by atoms with Crippen molar-refractivity contribution in [3.8, 4) is 5.75 Å². The molecule has 0 radical (unpaired) electrons. The summed E-state index contributed by atoms with van der Waals surface area (Å²) in [5, 5.41) is 9.85. The zero-order valence-corrected chi connectivity index (χ0v) is 12.6. The molecular formula is C15H20ClNO3. The van der Waals surface area contributed by atoms with E-state index in [1.54, 1.807) is 13.2 Å². The molecule has 0 amide bonds. The Morgan fingerprint density at radius 2 is 2.30 bits per heavy atom. The fourth-order valence-electron chi connectivity index (χ4n) is 2.79. The van der Waals surface area contributed by atoms with Gasteiger partial charge in [-0.15, -0.1) is 0 Å². The number of ether oxygens (including phenoxy) is 1. The third kappa shape index (κ3) is 3.25. The Kier molecular flexibility index (Phi) is 4.89. The number of piperidine rings is 1. The Balaban J connectivity index is 2.20. The van der Waals surface area contributed by atoms with Crippen molar-refractivity contribution in [2.75, 3.05) is 20.2 Å². The normalized spacial score (nSPS) is 21.4. The van der Waals surface area contributed by atoms with Crippen LogP contribution >= 0.6 is 11.6 Å². The van der Waals surface area contributed by atoms with Gasteiger partial charge in [-0.1, -0.05) is 11.6 Å². The van der Waals surface area contributed by atoms with Crippen LogP contribution in [0.2, 0.25) is 5.02 Å². The number of likely N-dealkylation sites (tertiary alicyclic amines) is 1. The van der Waals surface area contributed by atoms with E-state index in [1.807, 2.05) is 12.1 Å². The largest absolute Gasteiger partial charge is 0.496 e. The lowest BCUT2D eigenvalue weighted by Crippen LogP contribution is -2.40. The number of aliphatic carboxylic acids is 1. The first kappa shape index (κ1) is 15.1. The lowest BCUT2D eigenvalue weighted by Gasteiger charge is -2.36. The molecule has 0 aliphatic carbocycles. The van der Waals surface area contributed by atoms with E-state index in [2.05, 4.69) is 11.8 Å². The fourth-order valence-corrected chi connectivity index (χ4v) is 2.97. The summed E-state index contributed by atoms with van der Waals surface area (Å²) < 4.78 is 5.38. The summed E-state index contributed by atoms with van der Waals surface area (Å²) in [4.78, 5) is 13.4. The number of carbonyl (C=O) groups is 1. The molecule has 2 rings (SSSR count). The second-order valence-corrected chi connectivity index (χ2v) is 5.67. The zero-order chi connectivity index (χ0) is 14.7. The van der Waals surface area contributed by atoms with Gasteiger partial charge >= 0.3 is 5.97 Å². The van der Waals surface area contributed by atoms with Crippen LogP contribution in [0, 0.1) is 5.92 Å². The van der Waals surface area contributed by atoms with Crippen molar-refractivity contribution in [2.24, 2.45) is 5.92 Å². The number of nitrogens with zero attached hydrogens (tertiary/aromatic N) is 1.